The van der Waals surface area contributed by atoms with Gasteiger partial charge >= 0.3 is 5.97 Å². The summed E-state index contributed by atoms with van der Waals surface area (Å²) in [5.41, 5.74) is -0.0244. The molecule has 3 nitrogen and oxygen atoms in total. The van der Waals surface area contributed by atoms with Crippen LogP contribution in [0.15, 0.2) is 24.3 Å². The van der Waals surface area contributed by atoms with Crippen molar-refractivity contribution in [3.05, 3.63) is 35.4 Å². The van der Waals surface area contributed by atoms with Crippen LogP contribution < -0.4 is 0 Å². The Labute approximate surface area is 82.6 Å². The third-order valence-electron chi connectivity index (χ3n) is 2.11. The van der Waals surface area contributed by atoms with Crippen LogP contribution >= 0.6 is 0 Å². The molecule has 0 bridgehead atoms. The van der Waals surface area contributed by atoms with Gasteiger partial charge in [0.05, 0.1) is 17.0 Å². The molecular formula is C11H11NO2. The van der Waals surface area contributed by atoms with Crippen molar-refractivity contribution in [3.8, 4) is 6.07 Å². The first-order chi connectivity index (χ1) is 6.49. The number of nitriles is 1. The normalized spacial score (nSPS) is 10.6. The number of carboxylic acid groups (broad SMARTS) is 1. The van der Waals surface area contributed by atoms with Gasteiger partial charge in [-0.1, -0.05) is 18.2 Å². The van der Waals surface area contributed by atoms with E-state index in [0.29, 0.717) is 5.56 Å². The van der Waals surface area contributed by atoms with Crippen LogP contribution in [0.1, 0.15) is 29.8 Å². The molecule has 0 aromatic heterocycles. The smallest absolute Gasteiger partial charge is 0.336 e. The highest BCUT2D eigenvalue weighted by molar-refractivity contribution is 5.90. The molecule has 0 spiro atoms. The van der Waals surface area contributed by atoms with Gasteiger partial charge in [-0.05, 0) is 25.5 Å². The Bertz CT molecular complexity index is 402. The van der Waals surface area contributed by atoms with E-state index in [1.165, 1.54) is 6.07 Å². The first-order valence-corrected chi connectivity index (χ1v) is 4.23. The molecule has 0 aliphatic heterocycles. The van der Waals surface area contributed by atoms with Gasteiger partial charge in [0.1, 0.15) is 0 Å². The Morgan fingerprint density at radius 2 is 2.00 bits per heavy atom. The van der Waals surface area contributed by atoms with Crippen molar-refractivity contribution in [2.24, 2.45) is 0 Å². The van der Waals surface area contributed by atoms with E-state index in [4.69, 9.17) is 10.4 Å². The summed E-state index contributed by atoms with van der Waals surface area (Å²) in [5, 5.41) is 17.8. The zero-order chi connectivity index (χ0) is 10.8. The number of benzene rings is 1. The van der Waals surface area contributed by atoms with Gasteiger partial charge in [0.25, 0.3) is 0 Å². The first kappa shape index (κ1) is 10.3. The number of carboxylic acids is 1. The van der Waals surface area contributed by atoms with Gasteiger partial charge in [-0.2, -0.15) is 5.26 Å². The summed E-state index contributed by atoms with van der Waals surface area (Å²) in [4.78, 5) is 10.9. The molecule has 0 fully saturated rings. The minimum Gasteiger partial charge on any atom is -0.478 e. The van der Waals surface area contributed by atoms with Gasteiger partial charge in [-0.3, -0.25) is 0 Å². The second-order valence-corrected chi connectivity index (χ2v) is 3.59. The van der Waals surface area contributed by atoms with E-state index in [1.54, 1.807) is 32.0 Å². The second kappa shape index (κ2) is 3.51. The minimum absolute atomic E-state index is 0.194. The van der Waals surface area contributed by atoms with Gasteiger partial charge in [0, 0.05) is 0 Å². The Hall–Kier alpha value is -1.82. The van der Waals surface area contributed by atoms with E-state index >= 15 is 0 Å². The Kier molecular flexibility index (Phi) is 2.57. The molecule has 14 heavy (non-hydrogen) atoms. The maximum Gasteiger partial charge on any atom is 0.336 e. The molecule has 0 aliphatic rings. The van der Waals surface area contributed by atoms with Crippen molar-refractivity contribution in [1.29, 1.82) is 5.26 Å². The van der Waals surface area contributed by atoms with Crippen molar-refractivity contribution in [2.75, 3.05) is 0 Å². The highest BCUT2D eigenvalue weighted by Crippen LogP contribution is 2.25. The quantitative estimate of drug-likeness (QED) is 0.775. The van der Waals surface area contributed by atoms with E-state index in [2.05, 4.69) is 6.07 Å². The van der Waals surface area contributed by atoms with E-state index < -0.39 is 11.4 Å². The predicted molar refractivity (Wildman–Crippen MR) is 52.0 cm³/mol. The number of hydrogen-bond acceptors (Lipinski definition) is 2. The lowest BCUT2D eigenvalue weighted by Gasteiger charge is -2.17. The van der Waals surface area contributed by atoms with Crippen LogP contribution in [0.5, 0.6) is 0 Å². The molecule has 1 aromatic rings. The van der Waals surface area contributed by atoms with Gasteiger partial charge in [0.2, 0.25) is 0 Å². The van der Waals surface area contributed by atoms with Crippen LogP contribution in [0.2, 0.25) is 0 Å². The van der Waals surface area contributed by atoms with Crippen LogP contribution in [0.25, 0.3) is 0 Å². The fourth-order valence-electron chi connectivity index (χ4n) is 1.27. The Morgan fingerprint density at radius 3 is 2.50 bits per heavy atom. The molecule has 0 heterocycles. The number of carbonyl (C=O) groups is 1. The van der Waals surface area contributed by atoms with Gasteiger partial charge in [-0.25, -0.2) is 4.79 Å². The number of hydrogen-bond donors (Lipinski definition) is 1. The summed E-state index contributed by atoms with van der Waals surface area (Å²) < 4.78 is 0. The number of aromatic carboxylic acids is 1. The summed E-state index contributed by atoms with van der Waals surface area (Å²) in [7, 11) is 0. The molecule has 3 heteroatoms. The highest BCUT2D eigenvalue weighted by Gasteiger charge is 2.25. The summed E-state index contributed by atoms with van der Waals surface area (Å²) in [5.74, 6) is -0.996. The van der Waals surface area contributed by atoms with Gasteiger partial charge in [0.15, 0.2) is 0 Å². The number of rotatable bonds is 2. The van der Waals surface area contributed by atoms with E-state index in [9.17, 15) is 4.79 Å². The Balaban J connectivity index is 3.36. The zero-order valence-corrected chi connectivity index (χ0v) is 8.11. The lowest BCUT2D eigenvalue weighted by Crippen LogP contribution is -2.18. The maximum atomic E-state index is 10.9. The summed E-state index contributed by atoms with van der Waals surface area (Å²) >= 11 is 0. The molecule has 1 rings (SSSR count). The molecule has 0 aliphatic carbocycles. The fraction of sp³-hybridized carbons (Fsp3) is 0.273. The molecule has 1 N–H and O–H groups in total. The predicted octanol–water partition coefficient (Wildman–Crippen LogP) is 2.19. The number of nitrogens with zero attached hydrogens (tertiary/aromatic N) is 1. The van der Waals surface area contributed by atoms with Crippen molar-refractivity contribution in [3.63, 3.8) is 0 Å². The minimum atomic E-state index is -0.996. The van der Waals surface area contributed by atoms with Gasteiger partial charge in [-0.15, -0.1) is 0 Å². The van der Waals surface area contributed by atoms with Crippen molar-refractivity contribution < 1.29 is 9.90 Å². The van der Waals surface area contributed by atoms with Gasteiger partial charge < -0.3 is 5.11 Å². The van der Waals surface area contributed by atoms with E-state index in [-0.39, 0.29) is 5.56 Å². The lowest BCUT2D eigenvalue weighted by molar-refractivity contribution is 0.0694. The molecule has 0 saturated carbocycles. The molecule has 72 valence electrons. The third-order valence-corrected chi connectivity index (χ3v) is 2.11. The summed E-state index contributed by atoms with van der Waals surface area (Å²) in [6.07, 6.45) is 0. The summed E-state index contributed by atoms with van der Waals surface area (Å²) in [6, 6.07) is 8.66. The standard InChI is InChI=1S/C11H11NO2/c1-11(2,7-12)9-6-4-3-5-8(9)10(13)14/h3-6H,1-2H3,(H,13,14). The van der Waals surface area contributed by atoms with Crippen LogP contribution in [0.3, 0.4) is 0 Å². The zero-order valence-electron chi connectivity index (χ0n) is 8.11. The monoisotopic (exact) mass is 189 g/mol. The highest BCUT2D eigenvalue weighted by atomic mass is 16.4. The molecule has 0 saturated heterocycles. The molecule has 0 amide bonds. The van der Waals surface area contributed by atoms with Crippen LogP contribution in [0, 0.1) is 11.3 Å². The largest absolute Gasteiger partial charge is 0.478 e. The Morgan fingerprint density at radius 1 is 1.43 bits per heavy atom. The molecule has 0 unspecified atom stereocenters. The van der Waals surface area contributed by atoms with Crippen molar-refractivity contribution in [1.82, 2.24) is 0 Å². The second-order valence-electron chi connectivity index (χ2n) is 3.59. The molecule has 0 radical (unpaired) electrons. The van der Waals surface area contributed by atoms with Crippen LogP contribution in [-0.2, 0) is 5.41 Å². The maximum absolute atomic E-state index is 10.9. The van der Waals surface area contributed by atoms with Crippen LogP contribution in [-0.4, -0.2) is 11.1 Å². The summed E-state index contributed by atoms with van der Waals surface area (Å²) in [6.45, 7) is 3.41. The average Bonchev–Trinajstić information content (AvgIpc) is 2.18. The molecule has 1 aromatic carbocycles. The van der Waals surface area contributed by atoms with Crippen molar-refractivity contribution in [2.45, 2.75) is 19.3 Å². The van der Waals surface area contributed by atoms with E-state index in [1.807, 2.05) is 0 Å². The SMILES string of the molecule is CC(C)(C#N)c1ccccc1C(=O)O. The third kappa shape index (κ3) is 1.74. The van der Waals surface area contributed by atoms with Crippen LogP contribution in [0.4, 0.5) is 0 Å². The van der Waals surface area contributed by atoms with Crippen molar-refractivity contribution >= 4 is 5.97 Å². The molecular weight excluding hydrogens is 178 g/mol. The average molecular weight is 189 g/mol. The van der Waals surface area contributed by atoms with E-state index in [0.717, 1.165) is 0 Å². The lowest BCUT2D eigenvalue weighted by atomic mass is 9.83. The molecule has 0 atom stereocenters. The fourth-order valence-corrected chi connectivity index (χ4v) is 1.27. The first-order valence-electron chi connectivity index (χ1n) is 4.23. The topological polar surface area (TPSA) is 61.1 Å².